The van der Waals surface area contributed by atoms with Gasteiger partial charge in [0.05, 0.1) is 0 Å². The maximum Gasteiger partial charge on any atom is 0.321 e. The van der Waals surface area contributed by atoms with Crippen molar-refractivity contribution in [3.05, 3.63) is 54.1 Å². The molecule has 1 atom stereocenters. The van der Waals surface area contributed by atoms with E-state index in [2.05, 4.69) is 16.0 Å². The van der Waals surface area contributed by atoms with Gasteiger partial charge in [-0.05, 0) is 55.3 Å². The van der Waals surface area contributed by atoms with E-state index >= 15 is 0 Å². The van der Waals surface area contributed by atoms with Gasteiger partial charge in [0.1, 0.15) is 0 Å². The van der Waals surface area contributed by atoms with Crippen LogP contribution < -0.4 is 16.0 Å². The predicted molar refractivity (Wildman–Crippen MR) is 119 cm³/mol. The number of aryl methyl sites for hydroxylation is 1. The third kappa shape index (κ3) is 6.16. The lowest BCUT2D eigenvalue weighted by molar-refractivity contribution is -0.126. The highest BCUT2D eigenvalue weighted by Crippen LogP contribution is 2.17. The lowest BCUT2D eigenvalue weighted by Gasteiger charge is -2.17. The van der Waals surface area contributed by atoms with Gasteiger partial charge in [0.25, 0.3) is 0 Å². The van der Waals surface area contributed by atoms with Gasteiger partial charge in [-0.15, -0.1) is 0 Å². The Labute approximate surface area is 176 Å². The standard InChI is InChI=1S/C22H27N5O3/c1-5-15-7-6-8-18(13-15)25-21(29)19(14(2)23)20(28)24-16-9-11-17(12-10-16)26-22(30)27(3)4/h6-13,19,23H,5H2,1-4H3,(H,24,28)(H,25,29)(H,26,30). The molecule has 8 heteroatoms. The third-order valence-corrected chi connectivity index (χ3v) is 4.37. The highest BCUT2D eigenvalue weighted by atomic mass is 16.2. The molecule has 0 saturated heterocycles. The van der Waals surface area contributed by atoms with E-state index in [1.165, 1.54) is 11.8 Å². The molecule has 1 unspecified atom stereocenters. The average molecular weight is 409 g/mol. The summed E-state index contributed by atoms with van der Waals surface area (Å²) < 4.78 is 0. The van der Waals surface area contributed by atoms with Gasteiger partial charge in [0.2, 0.25) is 11.8 Å². The fourth-order valence-corrected chi connectivity index (χ4v) is 2.68. The molecule has 0 spiro atoms. The molecule has 0 saturated carbocycles. The van der Waals surface area contributed by atoms with Crippen LogP contribution in [-0.2, 0) is 16.0 Å². The van der Waals surface area contributed by atoms with E-state index in [1.54, 1.807) is 44.4 Å². The maximum absolute atomic E-state index is 12.7. The van der Waals surface area contributed by atoms with Crippen molar-refractivity contribution in [2.45, 2.75) is 20.3 Å². The van der Waals surface area contributed by atoms with Gasteiger partial charge in [-0.2, -0.15) is 0 Å². The van der Waals surface area contributed by atoms with Crippen LogP contribution in [0.2, 0.25) is 0 Å². The lowest BCUT2D eigenvalue weighted by atomic mass is 10.0. The monoisotopic (exact) mass is 409 g/mol. The van der Waals surface area contributed by atoms with Crippen molar-refractivity contribution in [1.82, 2.24) is 4.90 Å². The Morgan fingerprint density at radius 1 is 0.900 bits per heavy atom. The van der Waals surface area contributed by atoms with E-state index in [0.29, 0.717) is 17.1 Å². The first-order chi connectivity index (χ1) is 14.2. The number of nitrogens with zero attached hydrogens (tertiary/aromatic N) is 1. The van der Waals surface area contributed by atoms with Crippen LogP contribution in [0.15, 0.2) is 48.5 Å². The number of anilines is 3. The van der Waals surface area contributed by atoms with Crippen LogP contribution in [0.25, 0.3) is 0 Å². The molecule has 4 N–H and O–H groups in total. The molecule has 0 aliphatic heterocycles. The van der Waals surface area contributed by atoms with E-state index in [9.17, 15) is 14.4 Å². The van der Waals surface area contributed by atoms with Gasteiger partial charge in [0, 0.05) is 36.9 Å². The zero-order valence-electron chi connectivity index (χ0n) is 17.6. The van der Waals surface area contributed by atoms with E-state index in [4.69, 9.17) is 5.41 Å². The zero-order valence-corrected chi connectivity index (χ0v) is 17.6. The smallest absolute Gasteiger partial charge is 0.321 e. The third-order valence-electron chi connectivity index (χ3n) is 4.37. The van der Waals surface area contributed by atoms with Crippen molar-refractivity contribution in [3.63, 3.8) is 0 Å². The van der Waals surface area contributed by atoms with Crippen LogP contribution in [-0.4, -0.2) is 42.6 Å². The molecule has 2 aromatic carbocycles. The van der Waals surface area contributed by atoms with Crippen molar-refractivity contribution in [3.8, 4) is 0 Å². The summed E-state index contributed by atoms with van der Waals surface area (Å²) in [5.74, 6) is -2.43. The Morgan fingerprint density at radius 3 is 1.93 bits per heavy atom. The van der Waals surface area contributed by atoms with Crippen LogP contribution in [0.1, 0.15) is 19.4 Å². The summed E-state index contributed by atoms with van der Waals surface area (Å²) in [6, 6.07) is 13.6. The van der Waals surface area contributed by atoms with Crippen molar-refractivity contribution >= 4 is 40.6 Å². The van der Waals surface area contributed by atoms with Gasteiger partial charge in [-0.25, -0.2) is 4.79 Å². The first kappa shape index (κ1) is 22.6. The Kier molecular flexibility index (Phi) is 7.69. The molecular weight excluding hydrogens is 382 g/mol. The molecule has 0 radical (unpaired) electrons. The number of rotatable bonds is 7. The van der Waals surface area contributed by atoms with Gasteiger partial charge >= 0.3 is 6.03 Å². The van der Waals surface area contributed by atoms with E-state index in [0.717, 1.165) is 12.0 Å². The molecule has 0 bridgehead atoms. The van der Waals surface area contributed by atoms with E-state index in [1.807, 2.05) is 25.1 Å². The Bertz CT molecular complexity index is 938. The highest BCUT2D eigenvalue weighted by molar-refractivity contribution is 6.24. The summed E-state index contributed by atoms with van der Waals surface area (Å²) in [6.07, 6.45) is 0.822. The Morgan fingerprint density at radius 2 is 1.43 bits per heavy atom. The summed E-state index contributed by atoms with van der Waals surface area (Å²) in [7, 11) is 3.26. The second-order valence-electron chi connectivity index (χ2n) is 7.05. The molecule has 0 aliphatic carbocycles. The quantitative estimate of drug-likeness (QED) is 0.414. The van der Waals surface area contributed by atoms with Gasteiger partial charge < -0.3 is 26.3 Å². The first-order valence-electron chi connectivity index (χ1n) is 9.55. The van der Waals surface area contributed by atoms with Crippen LogP contribution >= 0.6 is 0 Å². The van der Waals surface area contributed by atoms with Crippen molar-refractivity contribution in [2.75, 3.05) is 30.0 Å². The number of amides is 4. The minimum Gasteiger partial charge on any atom is -0.331 e. The molecule has 0 aliphatic rings. The Balaban J connectivity index is 2.07. The van der Waals surface area contributed by atoms with Gasteiger partial charge in [-0.3, -0.25) is 9.59 Å². The van der Waals surface area contributed by atoms with Gasteiger partial charge in [-0.1, -0.05) is 19.1 Å². The largest absolute Gasteiger partial charge is 0.331 e. The predicted octanol–water partition coefficient (Wildman–Crippen LogP) is 3.58. The van der Waals surface area contributed by atoms with Crippen molar-refractivity contribution in [1.29, 1.82) is 5.41 Å². The molecule has 0 fully saturated rings. The number of hydrogen-bond donors (Lipinski definition) is 4. The second kappa shape index (κ2) is 10.2. The number of nitrogens with one attached hydrogen (secondary N) is 4. The molecule has 4 amide bonds. The lowest BCUT2D eigenvalue weighted by Crippen LogP contribution is -2.38. The molecular formula is C22H27N5O3. The minimum atomic E-state index is -1.26. The fourth-order valence-electron chi connectivity index (χ4n) is 2.68. The van der Waals surface area contributed by atoms with E-state index in [-0.39, 0.29) is 11.7 Å². The number of hydrogen-bond acceptors (Lipinski definition) is 4. The molecule has 8 nitrogen and oxygen atoms in total. The SMILES string of the molecule is CCc1cccc(NC(=O)C(C(C)=N)C(=O)Nc2ccc(NC(=O)N(C)C)cc2)c1. The van der Waals surface area contributed by atoms with Crippen LogP contribution in [0.4, 0.5) is 21.9 Å². The topological polar surface area (TPSA) is 114 Å². The number of carbonyl (C=O) groups excluding carboxylic acids is 3. The first-order valence-corrected chi connectivity index (χ1v) is 9.55. The Hall–Kier alpha value is -3.68. The molecule has 30 heavy (non-hydrogen) atoms. The maximum atomic E-state index is 12.7. The molecule has 2 aromatic rings. The van der Waals surface area contributed by atoms with Gasteiger partial charge in [0.15, 0.2) is 5.92 Å². The van der Waals surface area contributed by atoms with Crippen LogP contribution in [0, 0.1) is 11.3 Å². The number of urea groups is 1. The van der Waals surface area contributed by atoms with Crippen LogP contribution in [0.3, 0.4) is 0 Å². The minimum absolute atomic E-state index is 0.0634. The highest BCUT2D eigenvalue weighted by Gasteiger charge is 2.29. The summed E-state index contributed by atoms with van der Waals surface area (Å²) >= 11 is 0. The number of carbonyl (C=O) groups is 3. The second-order valence-corrected chi connectivity index (χ2v) is 7.05. The molecule has 0 heterocycles. The van der Waals surface area contributed by atoms with Crippen LogP contribution in [0.5, 0.6) is 0 Å². The van der Waals surface area contributed by atoms with Crippen molar-refractivity contribution in [2.24, 2.45) is 5.92 Å². The molecule has 0 aromatic heterocycles. The summed E-state index contributed by atoms with van der Waals surface area (Å²) in [5.41, 5.74) is 2.60. The number of benzene rings is 2. The van der Waals surface area contributed by atoms with E-state index < -0.39 is 17.7 Å². The fraction of sp³-hybridized carbons (Fsp3) is 0.273. The summed E-state index contributed by atoms with van der Waals surface area (Å²) in [5, 5.41) is 16.0. The van der Waals surface area contributed by atoms with Crippen molar-refractivity contribution < 1.29 is 14.4 Å². The summed E-state index contributed by atoms with van der Waals surface area (Å²) in [4.78, 5) is 38.4. The normalized spacial score (nSPS) is 11.2. The zero-order chi connectivity index (χ0) is 22.3. The molecule has 158 valence electrons. The molecule has 2 rings (SSSR count). The average Bonchev–Trinajstić information content (AvgIpc) is 2.69. The summed E-state index contributed by atoms with van der Waals surface area (Å²) in [6.45, 7) is 3.43.